The van der Waals surface area contributed by atoms with Crippen LogP contribution in [0.15, 0.2) is 46.9 Å². The third-order valence-electron chi connectivity index (χ3n) is 4.75. The molecule has 0 saturated heterocycles. The minimum Gasteiger partial charge on any atom is -0.453 e. The predicted octanol–water partition coefficient (Wildman–Crippen LogP) is 4.72. The van der Waals surface area contributed by atoms with Crippen LogP contribution in [-0.2, 0) is 0 Å². The molecule has 0 fully saturated rings. The third kappa shape index (κ3) is 2.54. The normalized spacial score (nSPS) is 11.5. The second-order valence-corrected chi connectivity index (χ2v) is 6.36. The van der Waals surface area contributed by atoms with Crippen molar-refractivity contribution >= 4 is 27.6 Å². The molecule has 1 aliphatic heterocycles. The summed E-state index contributed by atoms with van der Waals surface area (Å²) in [5.74, 6) is 0.658. The molecule has 0 aromatic heterocycles. The van der Waals surface area contributed by atoms with Crippen LogP contribution in [-0.4, -0.2) is 18.1 Å². The van der Waals surface area contributed by atoms with Gasteiger partial charge in [0.2, 0.25) is 0 Å². The number of hydrogen-bond donors (Lipinski definition) is 1. The number of anilines is 1. The molecule has 2 aromatic rings. The van der Waals surface area contributed by atoms with Gasteiger partial charge in [0.05, 0.1) is 5.36 Å². The maximum Gasteiger partial charge on any atom is 0.155 e. The molecular weight excluding hydrogens is 310 g/mol. The molecule has 0 radical (unpaired) electrons. The van der Waals surface area contributed by atoms with Crippen molar-refractivity contribution in [3.63, 3.8) is 0 Å². The summed E-state index contributed by atoms with van der Waals surface area (Å²) in [5, 5.41) is 10.7. The molecule has 0 bridgehead atoms. The minimum atomic E-state index is 0.469. The molecule has 4 nitrogen and oxygen atoms in total. The summed E-state index contributed by atoms with van der Waals surface area (Å²) >= 11 is 0. The third-order valence-corrected chi connectivity index (χ3v) is 4.75. The van der Waals surface area contributed by atoms with Crippen LogP contribution in [0, 0.1) is 12.3 Å². The fraction of sp³-hybridized carbons (Fsp3) is 0.238. The average Bonchev–Trinajstić information content (AvgIpc) is 2.61. The first-order valence-corrected chi connectivity index (χ1v) is 8.68. The van der Waals surface area contributed by atoms with Crippen LogP contribution in [0.4, 0.5) is 5.69 Å². The summed E-state index contributed by atoms with van der Waals surface area (Å²) in [6.45, 7) is 8.22. The molecule has 0 amide bonds. The van der Waals surface area contributed by atoms with E-state index in [0.717, 1.165) is 51.9 Å². The maximum absolute atomic E-state index is 8.32. The molecule has 2 aliphatic rings. The van der Waals surface area contributed by atoms with E-state index < -0.39 is 0 Å². The number of hydrogen-bond acceptors (Lipinski definition) is 4. The Bertz CT molecular complexity index is 1110. The zero-order valence-electron chi connectivity index (χ0n) is 14.8. The van der Waals surface area contributed by atoms with E-state index in [1.807, 2.05) is 31.2 Å². The highest BCUT2D eigenvalue weighted by atomic mass is 16.3. The topological polar surface area (TPSA) is 53.1 Å². The molecule has 0 spiro atoms. The van der Waals surface area contributed by atoms with Crippen molar-refractivity contribution in [1.82, 2.24) is 4.98 Å². The number of nitrogens with zero attached hydrogens (tertiary/aromatic N) is 2. The van der Waals surface area contributed by atoms with Crippen LogP contribution in [0.2, 0.25) is 0 Å². The number of benzene rings is 3. The molecule has 0 unspecified atom stereocenters. The standard InChI is InChI=1S/C21H21N3O/c1-4-24(5-2)14-7-9-18-19(11-14)25-20-12-17(22)16-10-13(3)6-8-15(16)21(20)23-18/h6-12,22H,4-5H2,1-3H3. The van der Waals surface area contributed by atoms with E-state index in [2.05, 4.69) is 30.9 Å². The van der Waals surface area contributed by atoms with E-state index >= 15 is 0 Å². The molecular formula is C21H21N3O. The van der Waals surface area contributed by atoms with Gasteiger partial charge in [0, 0.05) is 41.7 Å². The van der Waals surface area contributed by atoms with E-state index in [1.165, 1.54) is 0 Å². The predicted molar refractivity (Wildman–Crippen MR) is 102 cm³/mol. The van der Waals surface area contributed by atoms with Gasteiger partial charge in [-0.3, -0.25) is 0 Å². The Morgan fingerprint density at radius 1 is 1.00 bits per heavy atom. The van der Waals surface area contributed by atoms with Gasteiger partial charge in [0.1, 0.15) is 11.2 Å². The Morgan fingerprint density at radius 3 is 2.56 bits per heavy atom. The van der Waals surface area contributed by atoms with Gasteiger partial charge in [-0.25, -0.2) is 4.98 Å². The van der Waals surface area contributed by atoms with Crippen LogP contribution >= 0.6 is 0 Å². The number of aryl methyl sites for hydroxylation is 1. The molecule has 4 heteroatoms. The van der Waals surface area contributed by atoms with Crippen LogP contribution in [0.1, 0.15) is 19.4 Å². The van der Waals surface area contributed by atoms with Crippen LogP contribution in [0.25, 0.3) is 33.3 Å². The number of aromatic nitrogens is 1. The summed E-state index contributed by atoms with van der Waals surface area (Å²) in [7, 11) is 0. The maximum atomic E-state index is 8.32. The summed E-state index contributed by atoms with van der Waals surface area (Å²) in [4.78, 5) is 7.11. The van der Waals surface area contributed by atoms with Gasteiger partial charge >= 0.3 is 0 Å². The first-order chi connectivity index (χ1) is 12.1. The van der Waals surface area contributed by atoms with Gasteiger partial charge < -0.3 is 14.7 Å². The quantitative estimate of drug-likeness (QED) is 0.436. The fourth-order valence-corrected chi connectivity index (χ4v) is 3.39. The highest BCUT2D eigenvalue weighted by Crippen LogP contribution is 2.31. The fourth-order valence-electron chi connectivity index (χ4n) is 3.39. The van der Waals surface area contributed by atoms with Crippen LogP contribution in [0.5, 0.6) is 0 Å². The van der Waals surface area contributed by atoms with E-state index in [1.54, 1.807) is 6.07 Å². The second kappa shape index (κ2) is 5.88. The van der Waals surface area contributed by atoms with Crippen LogP contribution in [0.3, 0.4) is 0 Å². The van der Waals surface area contributed by atoms with E-state index in [4.69, 9.17) is 14.8 Å². The lowest BCUT2D eigenvalue weighted by atomic mass is 10.0. The summed E-state index contributed by atoms with van der Waals surface area (Å²) < 4.78 is 6.14. The van der Waals surface area contributed by atoms with Crippen LogP contribution < -0.4 is 10.3 Å². The molecule has 1 heterocycles. The van der Waals surface area contributed by atoms with E-state index in [-0.39, 0.29) is 0 Å². The smallest absolute Gasteiger partial charge is 0.155 e. The lowest BCUT2D eigenvalue weighted by Gasteiger charge is -2.21. The van der Waals surface area contributed by atoms with E-state index in [9.17, 15) is 0 Å². The summed E-state index contributed by atoms with van der Waals surface area (Å²) in [6.07, 6.45) is 0. The lowest BCUT2D eigenvalue weighted by molar-refractivity contribution is 0.613. The highest BCUT2D eigenvalue weighted by Gasteiger charge is 2.15. The van der Waals surface area contributed by atoms with Crippen molar-refractivity contribution in [3.8, 4) is 11.5 Å². The van der Waals surface area contributed by atoms with Crippen molar-refractivity contribution in [2.24, 2.45) is 0 Å². The zero-order valence-corrected chi connectivity index (χ0v) is 14.8. The lowest BCUT2D eigenvalue weighted by Crippen LogP contribution is -2.21. The molecule has 25 heavy (non-hydrogen) atoms. The molecule has 1 aliphatic carbocycles. The molecule has 0 atom stereocenters. The molecule has 2 aromatic carbocycles. The molecule has 1 N–H and O–H groups in total. The molecule has 4 rings (SSSR count). The Hall–Kier alpha value is -2.88. The highest BCUT2D eigenvalue weighted by molar-refractivity contribution is 5.96. The Labute approximate surface area is 146 Å². The van der Waals surface area contributed by atoms with Gasteiger partial charge in [0.25, 0.3) is 0 Å². The largest absolute Gasteiger partial charge is 0.453 e. The first kappa shape index (κ1) is 15.6. The van der Waals surface area contributed by atoms with Crippen molar-refractivity contribution < 1.29 is 4.42 Å². The van der Waals surface area contributed by atoms with E-state index in [0.29, 0.717) is 11.1 Å². The van der Waals surface area contributed by atoms with Gasteiger partial charge in [-0.1, -0.05) is 17.7 Å². The van der Waals surface area contributed by atoms with Crippen molar-refractivity contribution in [2.75, 3.05) is 18.0 Å². The number of nitrogens with one attached hydrogen (secondary N) is 1. The van der Waals surface area contributed by atoms with Crippen molar-refractivity contribution in [3.05, 3.63) is 53.4 Å². The SMILES string of the molecule is CCN(CC)c1ccc2nc3c4ccc(C)cc4c(=N)cc-3oc2c1. The Morgan fingerprint density at radius 2 is 1.80 bits per heavy atom. The van der Waals surface area contributed by atoms with Gasteiger partial charge in [-0.05, 0) is 39.0 Å². The van der Waals surface area contributed by atoms with Gasteiger partial charge in [0.15, 0.2) is 11.3 Å². The van der Waals surface area contributed by atoms with Gasteiger partial charge in [-0.15, -0.1) is 0 Å². The average molecular weight is 331 g/mol. The van der Waals surface area contributed by atoms with Crippen molar-refractivity contribution in [2.45, 2.75) is 20.8 Å². The summed E-state index contributed by atoms with van der Waals surface area (Å²) in [6, 6.07) is 14.0. The number of fused-ring (bicyclic) bond motifs is 4. The monoisotopic (exact) mass is 331 g/mol. The Balaban J connectivity index is 2.02. The van der Waals surface area contributed by atoms with Crippen molar-refractivity contribution in [1.29, 1.82) is 5.41 Å². The Kier molecular flexibility index (Phi) is 3.68. The minimum absolute atomic E-state index is 0.469. The second-order valence-electron chi connectivity index (χ2n) is 6.36. The number of rotatable bonds is 3. The first-order valence-electron chi connectivity index (χ1n) is 8.68. The zero-order chi connectivity index (χ0) is 17.6. The summed E-state index contributed by atoms with van der Waals surface area (Å²) in [5.41, 5.74) is 4.67. The molecule has 126 valence electrons. The molecule has 0 saturated carbocycles. The van der Waals surface area contributed by atoms with Gasteiger partial charge in [-0.2, -0.15) is 0 Å².